The van der Waals surface area contributed by atoms with Gasteiger partial charge >= 0.3 is 0 Å². The summed E-state index contributed by atoms with van der Waals surface area (Å²) in [7, 11) is 0.729. The molecule has 8 heteroatoms. The van der Waals surface area contributed by atoms with Gasteiger partial charge in [0.25, 0.3) is 5.91 Å². The van der Waals surface area contributed by atoms with Crippen LogP contribution < -0.4 is 10.2 Å². The fourth-order valence-electron chi connectivity index (χ4n) is 5.34. The second-order valence-corrected chi connectivity index (χ2v) is 12.2. The van der Waals surface area contributed by atoms with Crippen molar-refractivity contribution in [2.45, 2.75) is 97.4 Å². The van der Waals surface area contributed by atoms with Crippen LogP contribution in [0.1, 0.15) is 88.3 Å². The minimum absolute atomic E-state index is 0.0101. The number of benzene rings is 1. The first-order valence-electron chi connectivity index (χ1n) is 14.2. The second-order valence-electron chi connectivity index (χ2n) is 10.7. The molecule has 2 amide bonds. The Labute approximate surface area is 231 Å². The Morgan fingerprint density at radius 3 is 2.47 bits per heavy atom. The topological polar surface area (TPSA) is 82.1 Å². The number of rotatable bonds is 13. The molecule has 0 bridgehead atoms. The zero-order valence-corrected chi connectivity index (χ0v) is 24.8. The van der Waals surface area contributed by atoms with Crippen LogP contribution in [0.3, 0.4) is 0 Å². The van der Waals surface area contributed by atoms with E-state index in [1.54, 1.807) is 4.90 Å². The number of nitrogens with one attached hydrogen (secondary N) is 1. The van der Waals surface area contributed by atoms with Crippen molar-refractivity contribution >= 4 is 34.3 Å². The molecule has 7 nitrogen and oxygen atoms in total. The fraction of sp³-hybridized carbons (Fsp3) is 0.633. The van der Waals surface area contributed by atoms with Crippen molar-refractivity contribution in [3.05, 3.63) is 41.0 Å². The number of carbonyl (C=O) groups excluding carboxylic acids is 2. The summed E-state index contributed by atoms with van der Waals surface area (Å²) in [6, 6.07) is 4.13. The Morgan fingerprint density at radius 1 is 1.16 bits per heavy atom. The minimum Gasteiger partial charge on any atom is -0.315 e. The summed E-state index contributed by atoms with van der Waals surface area (Å²) in [5, 5.41) is 3.01. The molecule has 1 aromatic carbocycles. The van der Waals surface area contributed by atoms with Gasteiger partial charge in [-0.15, -0.1) is 0 Å². The van der Waals surface area contributed by atoms with Crippen molar-refractivity contribution in [2.75, 3.05) is 30.8 Å². The van der Waals surface area contributed by atoms with Crippen LogP contribution in [0.2, 0.25) is 0 Å². The zero-order chi connectivity index (χ0) is 27.7. The molecule has 1 spiro atoms. The van der Waals surface area contributed by atoms with Crippen LogP contribution >= 0.6 is 0 Å². The van der Waals surface area contributed by atoms with Gasteiger partial charge in [0.1, 0.15) is 11.4 Å². The molecule has 0 aliphatic carbocycles. The summed E-state index contributed by atoms with van der Waals surface area (Å²) in [5.74, 6) is 1.51. The van der Waals surface area contributed by atoms with Crippen molar-refractivity contribution in [2.24, 2.45) is 4.99 Å². The van der Waals surface area contributed by atoms with Gasteiger partial charge in [0.2, 0.25) is 5.91 Å². The van der Waals surface area contributed by atoms with E-state index < -0.39 is 16.5 Å². The summed E-state index contributed by atoms with van der Waals surface area (Å²) in [5.41, 5.74) is 3.69. The zero-order valence-electron chi connectivity index (χ0n) is 24.0. The van der Waals surface area contributed by atoms with E-state index in [9.17, 15) is 13.8 Å². The van der Waals surface area contributed by atoms with E-state index in [1.807, 2.05) is 18.3 Å². The van der Waals surface area contributed by atoms with Crippen molar-refractivity contribution in [3.63, 3.8) is 0 Å². The lowest BCUT2D eigenvalue weighted by Crippen LogP contribution is -2.49. The molecule has 1 atom stereocenters. The second kappa shape index (κ2) is 14.2. The molecule has 2 heterocycles. The number of anilines is 1. The largest absolute Gasteiger partial charge is 0.315 e. The number of hydrogen-bond donors (Lipinski definition) is 1. The van der Waals surface area contributed by atoms with Crippen LogP contribution in [0, 0.1) is 13.8 Å². The molecular weight excluding hydrogens is 496 g/mol. The van der Waals surface area contributed by atoms with Crippen molar-refractivity contribution < 1.29 is 13.8 Å². The first-order chi connectivity index (χ1) is 18.2. The Balaban J connectivity index is 1.52. The van der Waals surface area contributed by atoms with Gasteiger partial charge in [0.15, 0.2) is 0 Å². The summed E-state index contributed by atoms with van der Waals surface area (Å²) >= 11 is 0. The number of allylic oxidation sites excluding steroid dienone is 2. The normalized spacial score (nSPS) is 18.1. The highest BCUT2D eigenvalue weighted by molar-refractivity contribution is 7.82. The standard InChI is InChI=1S/C30H46N4O3S/c1-6-8-10-11-12-13-27-31-29(36)30(32-27)16-18-34(19-17-30)38(37)20-15-26-23(3)21-25(22-24(26)4)33(5)28(35)14-9-7-2/h6,8,21-22H,7,9-20H2,1-5H3,(H,31,32,36)/b8-6+. The summed E-state index contributed by atoms with van der Waals surface area (Å²) in [6.07, 6.45) is 12.6. The van der Waals surface area contributed by atoms with Crippen molar-refractivity contribution in [3.8, 4) is 0 Å². The van der Waals surface area contributed by atoms with E-state index in [-0.39, 0.29) is 11.8 Å². The van der Waals surface area contributed by atoms with Crippen LogP contribution in [0.15, 0.2) is 29.3 Å². The number of unbranched alkanes of at least 4 members (excludes halogenated alkanes) is 3. The SMILES string of the molecule is C/C=C/CCCCC1=NC2(CCN(S(=O)CCc3c(C)cc(N(C)C(=O)CCCC)cc3C)CC2)C(=O)N1. The van der Waals surface area contributed by atoms with E-state index in [1.165, 1.54) is 5.56 Å². The molecule has 3 rings (SSSR count). The third kappa shape index (κ3) is 7.63. The number of amides is 2. The lowest BCUT2D eigenvalue weighted by Gasteiger charge is -2.34. The number of piperidine rings is 1. The number of aryl methyl sites for hydroxylation is 2. The van der Waals surface area contributed by atoms with Gasteiger partial charge < -0.3 is 10.2 Å². The molecule has 2 aliphatic heterocycles. The Morgan fingerprint density at radius 2 is 1.84 bits per heavy atom. The summed E-state index contributed by atoms with van der Waals surface area (Å²) < 4.78 is 15.2. The molecule has 1 fully saturated rings. The van der Waals surface area contributed by atoms with E-state index in [0.717, 1.165) is 67.6 Å². The van der Waals surface area contributed by atoms with Crippen LogP contribution in [0.5, 0.6) is 0 Å². The lowest BCUT2D eigenvalue weighted by atomic mass is 9.89. The molecule has 1 saturated heterocycles. The smallest absolute Gasteiger partial charge is 0.253 e. The summed E-state index contributed by atoms with van der Waals surface area (Å²) in [6.45, 7) is 9.48. The lowest BCUT2D eigenvalue weighted by molar-refractivity contribution is -0.125. The number of amidine groups is 1. The predicted octanol–water partition coefficient (Wildman–Crippen LogP) is 5.16. The first kappa shape index (κ1) is 30.2. The predicted molar refractivity (Wildman–Crippen MR) is 158 cm³/mol. The average molecular weight is 543 g/mol. The van der Waals surface area contributed by atoms with Gasteiger partial charge in [0.05, 0.1) is 11.0 Å². The molecule has 38 heavy (non-hydrogen) atoms. The first-order valence-corrected chi connectivity index (χ1v) is 15.5. The maximum Gasteiger partial charge on any atom is 0.253 e. The van der Waals surface area contributed by atoms with Gasteiger partial charge in [-0.2, -0.15) is 0 Å². The molecule has 0 radical (unpaired) electrons. The van der Waals surface area contributed by atoms with Crippen LogP contribution in [-0.2, 0) is 27.0 Å². The molecule has 0 saturated carbocycles. The van der Waals surface area contributed by atoms with Gasteiger partial charge in [-0.05, 0) is 94.5 Å². The van der Waals surface area contributed by atoms with E-state index in [0.29, 0.717) is 38.1 Å². The fourth-order valence-corrected chi connectivity index (χ4v) is 6.57. The summed E-state index contributed by atoms with van der Waals surface area (Å²) in [4.78, 5) is 31.8. The average Bonchev–Trinajstić information content (AvgIpc) is 3.20. The third-order valence-corrected chi connectivity index (χ3v) is 9.34. The highest BCUT2D eigenvalue weighted by Gasteiger charge is 2.46. The Hall–Kier alpha value is -2.32. The molecule has 1 N–H and O–H groups in total. The number of hydrogen-bond acceptors (Lipinski definition) is 4. The van der Waals surface area contributed by atoms with Gasteiger partial charge in [-0.3, -0.25) is 14.6 Å². The number of nitrogens with zero attached hydrogens (tertiary/aromatic N) is 3. The van der Waals surface area contributed by atoms with E-state index in [4.69, 9.17) is 4.99 Å². The minimum atomic E-state index is -1.11. The molecule has 0 aromatic heterocycles. The van der Waals surface area contributed by atoms with Gasteiger partial charge in [-0.1, -0.05) is 25.5 Å². The maximum atomic E-state index is 13.2. The highest BCUT2D eigenvalue weighted by atomic mass is 32.2. The Bertz CT molecular complexity index is 1050. The van der Waals surface area contributed by atoms with Crippen molar-refractivity contribution in [1.29, 1.82) is 0 Å². The monoisotopic (exact) mass is 542 g/mol. The molecule has 2 aliphatic rings. The molecule has 1 aromatic rings. The third-order valence-electron chi connectivity index (χ3n) is 7.85. The van der Waals surface area contributed by atoms with Crippen LogP contribution in [-0.4, -0.2) is 57.6 Å². The van der Waals surface area contributed by atoms with Crippen LogP contribution in [0.25, 0.3) is 0 Å². The van der Waals surface area contributed by atoms with Crippen molar-refractivity contribution in [1.82, 2.24) is 9.62 Å². The quantitative estimate of drug-likeness (QED) is 0.276. The van der Waals surface area contributed by atoms with Gasteiger partial charge in [0, 0.05) is 44.4 Å². The van der Waals surface area contributed by atoms with Crippen LogP contribution in [0.4, 0.5) is 5.69 Å². The Kier molecular flexibility index (Phi) is 11.3. The van der Waals surface area contributed by atoms with Gasteiger partial charge in [-0.25, -0.2) is 8.51 Å². The molecule has 1 unspecified atom stereocenters. The number of aliphatic imine (C=N–C) groups is 1. The number of carbonyl (C=O) groups is 2. The van der Waals surface area contributed by atoms with E-state index in [2.05, 4.69) is 50.4 Å². The maximum absolute atomic E-state index is 13.2. The molecular formula is C30H46N4O3S. The highest BCUT2D eigenvalue weighted by Crippen LogP contribution is 2.31. The van der Waals surface area contributed by atoms with E-state index >= 15 is 0 Å². The molecule has 210 valence electrons.